The van der Waals surface area contributed by atoms with E-state index in [-0.39, 0.29) is 0 Å². The summed E-state index contributed by atoms with van der Waals surface area (Å²) in [4.78, 5) is 13.7. The molecule has 0 spiro atoms. The van der Waals surface area contributed by atoms with Crippen LogP contribution in [0.2, 0.25) is 0 Å². The molecule has 0 radical (unpaired) electrons. The number of hydrogen-bond donors (Lipinski definition) is 2. The number of rotatable bonds is 8. The highest BCUT2D eigenvalue weighted by Gasteiger charge is 2.31. The molecule has 1 aliphatic heterocycles. The number of carboxylic acids is 1. The molecule has 1 aliphatic rings. The topological polar surface area (TPSA) is 61.8 Å². The van der Waals surface area contributed by atoms with E-state index < -0.39 is 11.5 Å². The minimum absolute atomic E-state index is 0.405. The number of ether oxygens (including phenoxy) is 1. The Morgan fingerprint density at radius 3 is 2.58 bits per heavy atom. The molecule has 5 nitrogen and oxygen atoms in total. The number of likely N-dealkylation sites (tertiary alicyclic amines) is 1. The summed E-state index contributed by atoms with van der Waals surface area (Å²) in [5, 5.41) is 12.3. The zero-order valence-corrected chi connectivity index (χ0v) is 12.4. The molecule has 1 fully saturated rings. The summed E-state index contributed by atoms with van der Waals surface area (Å²) in [5.74, 6) is -0.757. The number of aliphatic carboxylic acids is 1. The van der Waals surface area contributed by atoms with Gasteiger partial charge in [-0.2, -0.15) is 0 Å². The molecule has 0 aromatic carbocycles. The Balaban J connectivity index is 2.27. The molecule has 0 aromatic heterocycles. The summed E-state index contributed by atoms with van der Waals surface area (Å²) >= 11 is 0. The van der Waals surface area contributed by atoms with Gasteiger partial charge in [0.25, 0.3) is 0 Å². The highest BCUT2D eigenvalue weighted by Crippen LogP contribution is 2.16. The van der Waals surface area contributed by atoms with Gasteiger partial charge in [-0.15, -0.1) is 0 Å². The third-order valence-corrected chi connectivity index (χ3v) is 4.06. The first-order valence-electron chi connectivity index (χ1n) is 7.25. The summed E-state index contributed by atoms with van der Waals surface area (Å²) in [6.07, 6.45) is 4.15. The third-order valence-electron chi connectivity index (χ3n) is 4.06. The molecule has 1 atom stereocenters. The molecule has 112 valence electrons. The minimum Gasteiger partial charge on any atom is -0.480 e. The van der Waals surface area contributed by atoms with E-state index in [4.69, 9.17) is 4.74 Å². The van der Waals surface area contributed by atoms with Crippen LogP contribution in [0.3, 0.4) is 0 Å². The van der Waals surface area contributed by atoms with Crippen molar-refractivity contribution in [1.29, 1.82) is 0 Å². The van der Waals surface area contributed by atoms with Crippen LogP contribution < -0.4 is 5.32 Å². The van der Waals surface area contributed by atoms with Crippen molar-refractivity contribution < 1.29 is 14.6 Å². The van der Waals surface area contributed by atoms with Gasteiger partial charge in [-0.05, 0) is 45.7 Å². The monoisotopic (exact) mass is 272 g/mol. The molecule has 1 heterocycles. The van der Waals surface area contributed by atoms with Crippen molar-refractivity contribution in [3.63, 3.8) is 0 Å². The van der Waals surface area contributed by atoms with Gasteiger partial charge in [-0.1, -0.05) is 6.92 Å². The Morgan fingerprint density at radius 1 is 1.47 bits per heavy atom. The fraction of sp³-hybridized carbons (Fsp3) is 0.929. The van der Waals surface area contributed by atoms with Gasteiger partial charge in [-0.25, -0.2) is 0 Å². The third kappa shape index (κ3) is 5.09. The molecular formula is C14H28N2O3. The average Bonchev–Trinajstić information content (AvgIpc) is 2.39. The Hall–Kier alpha value is -0.650. The molecule has 1 unspecified atom stereocenters. The maximum Gasteiger partial charge on any atom is 0.323 e. The second-order valence-corrected chi connectivity index (χ2v) is 5.55. The molecule has 19 heavy (non-hydrogen) atoms. The summed E-state index contributed by atoms with van der Waals surface area (Å²) in [6.45, 7) is 7.49. The first-order valence-corrected chi connectivity index (χ1v) is 7.25. The van der Waals surface area contributed by atoms with Crippen LogP contribution in [0.5, 0.6) is 0 Å². The van der Waals surface area contributed by atoms with E-state index in [0.29, 0.717) is 19.1 Å². The lowest BCUT2D eigenvalue weighted by molar-refractivity contribution is -0.144. The van der Waals surface area contributed by atoms with E-state index in [1.807, 2.05) is 6.92 Å². The van der Waals surface area contributed by atoms with Crippen molar-refractivity contribution in [3.05, 3.63) is 0 Å². The van der Waals surface area contributed by atoms with Crippen molar-refractivity contribution >= 4 is 5.97 Å². The Morgan fingerprint density at radius 2 is 2.11 bits per heavy atom. The second kappa shape index (κ2) is 7.82. The smallest absolute Gasteiger partial charge is 0.323 e. The first-order chi connectivity index (χ1) is 9.01. The van der Waals surface area contributed by atoms with Crippen molar-refractivity contribution in [2.45, 2.75) is 51.2 Å². The van der Waals surface area contributed by atoms with Crippen LogP contribution in [0.1, 0.15) is 39.5 Å². The van der Waals surface area contributed by atoms with E-state index in [2.05, 4.69) is 10.2 Å². The van der Waals surface area contributed by atoms with E-state index in [9.17, 15) is 9.90 Å². The number of methoxy groups -OCH3 is 1. The van der Waals surface area contributed by atoms with Crippen LogP contribution in [-0.4, -0.2) is 60.9 Å². The Labute approximate surface area is 116 Å². The van der Waals surface area contributed by atoms with Gasteiger partial charge in [-0.3, -0.25) is 4.79 Å². The SMILES string of the molecule is CCNC(C)(CCCN1CCC(OC)CC1)C(=O)O. The summed E-state index contributed by atoms with van der Waals surface area (Å²) in [5.41, 5.74) is -0.792. The highest BCUT2D eigenvalue weighted by molar-refractivity contribution is 5.78. The zero-order valence-electron chi connectivity index (χ0n) is 12.4. The van der Waals surface area contributed by atoms with Crippen molar-refractivity contribution in [2.75, 3.05) is 33.3 Å². The predicted molar refractivity (Wildman–Crippen MR) is 75.4 cm³/mol. The highest BCUT2D eigenvalue weighted by atomic mass is 16.5. The van der Waals surface area contributed by atoms with Crippen LogP contribution in [0.15, 0.2) is 0 Å². The van der Waals surface area contributed by atoms with Gasteiger partial charge in [0.2, 0.25) is 0 Å². The van der Waals surface area contributed by atoms with Crippen LogP contribution in [0.4, 0.5) is 0 Å². The molecule has 0 aromatic rings. The van der Waals surface area contributed by atoms with Gasteiger partial charge < -0.3 is 20.1 Å². The number of nitrogens with zero attached hydrogens (tertiary/aromatic N) is 1. The molecule has 2 N–H and O–H groups in total. The standard InChI is InChI=1S/C14H28N2O3/c1-4-15-14(2,13(17)18)8-5-9-16-10-6-12(19-3)7-11-16/h12,15H,4-11H2,1-3H3,(H,17,18). The molecule has 0 bridgehead atoms. The van der Waals surface area contributed by atoms with Gasteiger partial charge >= 0.3 is 5.97 Å². The molecule has 5 heteroatoms. The quantitative estimate of drug-likeness (QED) is 0.698. The summed E-state index contributed by atoms with van der Waals surface area (Å²) < 4.78 is 5.35. The lowest BCUT2D eigenvalue weighted by Gasteiger charge is -2.32. The maximum atomic E-state index is 11.3. The van der Waals surface area contributed by atoms with Gasteiger partial charge in [0.05, 0.1) is 6.10 Å². The molecule has 0 aliphatic carbocycles. The number of hydrogen-bond acceptors (Lipinski definition) is 4. The number of carboxylic acid groups (broad SMARTS) is 1. The Bertz CT molecular complexity index is 278. The molecule has 1 rings (SSSR count). The van der Waals surface area contributed by atoms with Crippen molar-refractivity contribution in [1.82, 2.24) is 10.2 Å². The number of carbonyl (C=O) groups is 1. The van der Waals surface area contributed by atoms with Crippen molar-refractivity contribution in [2.24, 2.45) is 0 Å². The molecule has 1 saturated heterocycles. The predicted octanol–water partition coefficient (Wildman–Crippen LogP) is 1.33. The fourth-order valence-electron chi connectivity index (χ4n) is 2.69. The summed E-state index contributed by atoms with van der Waals surface area (Å²) in [7, 11) is 1.77. The fourth-order valence-corrected chi connectivity index (χ4v) is 2.69. The number of nitrogens with one attached hydrogen (secondary N) is 1. The lowest BCUT2D eigenvalue weighted by Crippen LogP contribution is -2.50. The van der Waals surface area contributed by atoms with Crippen molar-refractivity contribution in [3.8, 4) is 0 Å². The van der Waals surface area contributed by atoms with Gasteiger partial charge in [0.15, 0.2) is 0 Å². The maximum absolute atomic E-state index is 11.3. The van der Waals surface area contributed by atoms with Crippen LogP contribution in [0, 0.1) is 0 Å². The average molecular weight is 272 g/mol. The van der Waals surface area contributed by atoms with E-state index in [0.717, 1.165) is 38.9 Å². The van der Waals surface area contributed by atoms with E-state index >= 15 is 0 Å². The Kier molecular flexibility index (Phi) is 6.75. The molecule has 0 amide bonds. The molecular weight excluding hydrogens is 244 g/mol. The first kappa shape index (κ1) is 16.4. The minimum atomic E-state index is -0.792. The largest absolute Gasteiger partial charge is 0.480 e. The van der Waals surface area contributed by atoms with Gasteiger partial charge in [0, 0.05) is 20.2 Å². The van der Waals surface area contributed by atoms with Crippen LogP contribution >= 0.6 is 0 Å². The normalized spacial score (nSPS) is 21.2. The van der Waals surface area contributed by atoms with Crippen LogP contribution in [-0.2, 0) is 9.53 Å². The molecule has 0 saturated carbocycles. The zero-order chi connectivity index (χ0) is 14.3. The van der Waals surface area contributed by atoms with E-state index in [1.54, 1.807) is 14.0 Å². The lowest BCUT2D eigenvalue weighted by atomic mass is 9.95. The number of likely N-dealkylation sites (N-methyl/N-ethyl adjacent to an activating group) is 1. The number of piperidine rings is 1. The second-order valence-electron chi connectivity index (χ2n) is 5.55. The van der Waals surface area contributed by atoms with E-state index in [1.165, 1.54) is 0 Å². The van der Waals surface area contributed by atoms with Crippen LogP contribution in [0.25, 0.3) is 0 Å². The summed E-state index contributed by atoms with van der Waals surface area (Å²) in [6, 6.07) is 0. The van der Waals surface area contributed by atoms with Gasteiger partial charge in [0.1, 0.15) is 5.54 Å².